The van der Waals surface area contributed by atoms with E-state index in [9.17, 15) is 8.42 Å². The van der Waals surface area contributed by atoms with Crippen molar-refractivity contribution in [2.45, 2.75) is 31.1 Å². The van der Waals surface area contributed by atoms with Gasteiger partial charge < -0.3 is 0 Å². The van der Waals surface area contributed by atoms with Crippen LogP contribution >= 0.6 is 0 Å². The predicted molar refractivity (Wildman–Crippen MR) is 79.2 cm³/mol. The third kappa shape index (κ3) is 3.19. The molecule has 20 heavy (non-hydrogen) atoms. The summed E-state index contributed by atoms with van der Waals surface area (Å²) >= 11 is 0. The average Bonchev–Trinajstić information content (AvgIpc) is 2.82. The lowest BCUT2D eigenvalue weighted by molar-refractivity contribution is 0.600. The maximum Gasteiger partial charge on any atom is 0.263 e. The van der Waals surface area contributed by atoms with Crippen LogP contribution in [0, 0.1) is 0 Å². The second-order valence-electron chi connectivity index (χ2n) is 4.86. The molecule has 0 amide bonds. The minimum atomic E-state index is -3.58. The first-order valence-electron chi connectivity index (χ1n) is 6.55. The van der Waals surface area contributed by atoms with Crippen LogP contribution in [0.1, 0.15) is 31.7 Å². The van der Waals surface area contributed by atoms with Gasteiger partial charge in [-0.2, -0.15) is 5.10 Å². The van der Waals surface area contributed by atoms with Crippen molar-refractivity contribution in [3.63, 3.8) is 0 Å². The van der Waals surface area contributed by atoms with E-state index in [4.69, 9.17) is 0 Å². The molecule has 6 heteroatoms. The fourth-order valence-corrected chi connectivity index (χ4v) is 2.87. The number of rotatable bonds is 5. The molecule has 1 atom stereocenters. The molecular weight excluding hydrogens is 274 g/mol. The molecule has 0 bridgehead atoms. The number of aromatic nitrogens is 2. The van der Waals surface area contributed by atoms with Gasteiger partial charge in [-0.05, 0) is 30.0 Å². The highest BCUT2D eigenvalue weighted by Crippen LogP contribution is 2.21. The Morgan fingerprint density at radius 2 is 1.90 bits per heavy atom. The quantitative estimate of drug-likeness (QED) is 0.922. The maximum absolute atomic E-state index is 12.2. The first kappa shape index (κ1) is 14.6. The molecule has 1 N–H and O–H groups in total. The van der Waals surface area contributed by atoms with Gasteiger partial charge in [0.1, 0.15) is 0 Å². The Labute approximate surface area is 119 Å². The van der Waals surface area contributed by atoms with Crippen molar-refractivity contribution in [3.8, 4) is 0 Å². The van der Waals surface area contributed by atoms with Crippen LogP contribution in [0.4, 0.5) is 5.82 Å². The minimum absolute atomic E-state index is 0.246. The summed E-state index contributed by atoms with van der Waals surface area (Å²) in [5, 5.41) is 4.01. The van der Waals surface area contributed by atoms with E-state index < -0.39 is 10.0 Å². The number of aryl methyl sites for hydroxylation is 1. The zero-order chi connectivity index (χ0) is 14.8. The van der Waals surface area contributed by atoms with E-state index >= 15 is 0 Å². The topological polar surface area (TPSA) is 64.0 Å². The number of hydrogen-bond acceptors (Lipinski definition) is 3. The summed E-state index contributed by atoms with van der Waals surface area (Å²) in [6, 6.07) is 8.60. The summed E-state index contributed by atoms with van der Waals surface area (Å²) in [5.74, 6) is 0.744. The fraction of sp³-hybridized carbons (Fsp3) is 0.357. The lowest BCUT2D eigenvalue weighted by atomic mass is 9.99. The van der Waals surface area contributed by atoms with E-state index in [2.05, 4.69) is 23.7 Å². The Morgan fingerprint density at radius 3 is 2.40 bits per heavy atom. The summed E-state index contributed by atoms with van der Waals surface area (Å²) in [7, 11) is -1.84. The van der Waals surface area contributed by atoms with Gasteiger partial charge in [0.05, 0.1) is 4.90 Å². The molecular formula is C14H19N3O2S. The number of nitrogens with one attached hydrogen (secondary N) is 1. The molecule has 5 nitrogen and oxygen atoms in total. The van der Waals surface area contributed by atoms with Crippen LogP contribution < -0.4 is 4.72 Å². The van der Waals surface area contributed by atoms with E-state index in [0.717, 1.165) is 12.0 Å². The summed E-state index contributed by atoms with van der Waals surface area (Å²) in [6.07, 6.45) is 2.71. The molecule has 2 rings (SSSR count). The lowest BCUT2D eigenvalue weighted by Crippen LogP contribution is -2.13. The van der Waals surface area contributed by atoms with Crippen molar-refractivity contribution in [1.29, 1.82) is 0 Å². The molecule has 0 radical (unpaired) electrons. The average molecular weight is 293 g/mol. The highest BCUT2D eigenvalue weighted by atomic mass is 32.2. The third-order valence-electron chi connectivity index (χ3n) is 3.32. The van der Waals surface area contributed by atoms with Crippen LogP contribution in [0.2, 0.25) is 0 Å². The van der Waals surface area contributed by atoms with Crippen LogP contribution in [0.25, 0.3) is 0 Å². The molecule has 0 saturated carbocycles. The summed E-state index contributed by atoms with van der Waals surface area (Å²) in [5.41, 5.74) is 1.14. The summed E-state index contributed by atoms with van der Waals surface area (Å²) < 4.78 is 28.4. The standard InChI is InChI=1S/C14H19N3O2S/c1-4-11(2)12-5-7-13(8-6-12)20(18,19)16-14-9-10-17(3)15-14/h5-11H,4H2,1-3H3,(H,15,16)/t11-/m0/s1. The van der Waals surface area contributed by atoms with Gasteiger partial charge in [-0.25, -0.2) is 8.42 Å². The molecule has 0 aliphatic rings. The second kappa shape index (κ2) is 5.66. The zero-order valence-electron chi connectivity index (χ0n) is 11.9. The van der Waals surface area contributed by atoms with Gasteiger partial charge in [-0.1, -0.05) is 26.0 Å². The first-order valence-corrected chi connectivity index (χ1v) is 8.03. The monoisotopic (exact) mass is 293 g/mol. The summed E-state index contributed by atoms with van der Waals surface area (Å²) in [4.78, 5) is 0.246. The molecule has 0 aliphatic carbocycles. The van der Waals surface area contributed by atoms with Crippen molar-refractivity contribution in [3.05, 3.63) is 42.1 Å². The Kier molecular flexibility index (Phi) is 4.13. The minimum Gasteiger partial charge on any atom is -0.274 e. The van der Waals surface area contributed by atoms with Gasteiger partial charge in [-0.3, -0.25) is 9.40 Å². The summed E-state index contributed by atoms with van der Waals surface area (Å²) in [6.45, 7) is 4.23. The molecule has 0 unspecified atom stereocenters. The maximum atomic E-state index is 12.2. The number of hydrogen-bond donors (Lipinski definition) is 1. The second-order valence-corrected chi connectivity index (χ2v) is 6.54. The predicted octanol–water partition coefficient (Wildman–Crippen LogP) is 2.73. The van der Waals surface area contributed by atoms with Crippen molar-refractivity contribution in [2.24, 2.45) is 7.05 Å². The molecule has 2 aromatic rings. The van der Waals surface area contributed by atoms with Gasteiger partial charge in [0.25, 0.3) is 10.0 Å². The van der Waals surface area contributed by atoms with Gasteiger partial charge >= 0.3 is 0 Å². The SMILES string of the molecule is CC[C@H](C)c1ccc(S(=O)(=O)Nc2ccn(C)n2)cc1. The first-order chi connectivity index (χ1) is 9.42. The largest absolute Gasteiger partial charge is 0.274 e. The normalized spacial score (nSPS) is 13.2. The Bertz CT molecular complexity index is 675. The highest BCUT2D eigenvalue weighted by Gasteiger charge is 2.15. The number of nitrogens with zero attached hydrogens (tertiary/aromatic N) is 2. The molecule has 0 spiro atoms. The van der Waals surface area contributed by atoms with Crippen molar-refractivity contribution < 1.29 is 8.42 Å². The fourth-order valence-electron chi connectivity index (χ4n) is 1.88. The number of sulfonamides is 1. The lowest BCUT2D eigenvalue weighted by Gasteiger charge is -2.10. The van der Waals surface area contributed by atoms with E-state index in [0.29, 0.717) is 11.7 Å². The van der Waals surface area contributed by atoms with Crippen LogP contribution in [0.15, 0.2) is 41.4 Å². The van der Waals surface area contributed by atoms with E-state index in [1.54, 1.807) is 36.1 Å². The number of anilines is 1. The smallest absolute Gasteiger partial charge is 0.263 e. The van der Waals surface area contributed by atoms with Gasteiger partial charge in [0, 0.05) is 19.3 Å². The molecule has 1 aromatic heterocycles. The van der Waals surface area contributed by atoms with Crippen molar-refractivity contribution in [2.75, 3.05) is 4.72 Å². The number of benzene rings is 1. The zero-order valence-corrected chi connectivity index (χ0v) is 12.7. The molecule has 1 heterocycles. The Morgan fingerprint density at radius 1 is 1.25 bits per heavy atom. The Balaban J connectivity index is 2.21. The van der Waals surface area contributed by atoms with Crippen LogP contribution in [-0.2, 0) is 17.1 Å². The molecule has 108 valence electrons. The molecule has 1 aromatic carbocycles. The molecule has 0 aliphatic heterocycles. The van der Waals surface area contributed by atoms with Gasteiger partial charge in [0.15, 0.2) is 5.82 Å². The van der Waals surface area contributed by atoms with Crippen LogP contribution in [-0.4, -0.2) is 18.2 Å². The molecule has 0 saturated heterocycles. The van der Waals surface area contributed by atoms with E-state index in [-0.39, 0.29) is 4.90 Å². The van der Waals surface area contributed by atoms with Crippen molar-refractivity contribution >= 4 is 15.8 Å². The Hall–Kier alpha value is -1.82. The van der Waals surface area contributed by atoms with Crippen molar-refractivity contribution in [1.82, 2.24) is 9.78 Å². The van der Waals surface area contributed by atoms with E-state index in [1.807, 2.05) is 12.1 Å². The van der Waals surface area contributed by atoms with Gasteiger partial charge in [0.2, 0.25) is 0 Å². The molecule has 0 fully saturated rings. The van der Waals surface area contributed by atoms with E-state index in [1.165, 1.54) is 0 Å². The third-order valence-corrected chi connectivity index (χ3v) is 4.69. The van der Waals surface area contributed by atoms with Crippen LogP contribution in [0.3, 0.4) is 0 Å². The van der Waals surface area contributed by atoms with Crippen LogP contribution in [0.5, 0.6) is 0 Å². The van der Waals surface area contributed by atoms with Gasteiger partial charge in [-0.15, -0.1) is 0 Å². The highest BCUT2D eigenvalue weighted by molar-refractivity contribution is 7.92.